The Labute approximate surface area is 161 Å². The second kappa shape index (κ2) is 8.41. The molecule has 1 saturated heterocycles. The molecule has 1 atom stereocenters. The fraction of sp³-hybridized carbons (Fsp3) is 0.316. The molecule has 1 amide bonds. The van der Waals surface area contributed by atoms with Gasteiger partial charge in [0.15, 0.2) is 5.16 Å². The van der Waals surface area contributed by atoms with E-state index in [2.05, 4.69) is 10.2 Å². The summed E-state index contributed by atoms with van der Waals surface area (Å²) >= 11 is 1.41. The highest BCUT2D eigenvalue weighted by Crippen LogP contribution is 2.36. The van der Waals surface area contributed by atoms with Gasteiger partial charge in [-0.05, 0) is 17.7 Å². The summed E-state index contributed by atoms with van der Waals surface area (Å²) in [5.41, 5.74) is 0.951. The van der Waals surface area contributed by atoms with E-state index in [1.807, 2.05) is 51.9 Å². The van der Waals surface area contributed by atoms with Crippen molar-refractivity contribution < 1.29 is 13.9 Å². The van der Waals surface area contributed by atoms with E-state index in [0.29, 0.717) is 38.0 Å². The van der Waals surface area contributed by atoms with Crippen molar-refractivity contribution in [3.8, 4) is 0 Å². The molecule has 1 fully saturated rings. The topological polar surface area (TPSA) is 73.4 Å². The number of hydrogen-bond acceptors (Lipinski definition) is 6. The van der Waals surface area contributed by atoms with E-state index < -0.39 is 0 Å². The van der Waals surface area contributed by atoms with Crippen molar-refractivity contribution in [2.24, 2.45) is 0 Å². The molecule has 0 N–H and O–H groups in total. The molecule has 0 unspecified atom stereocenters. The predicted octanol–water partition coefficient (Wildman–Crippen LogP) is 2.61. The highest BCUT2D eigenvalue weighted by atomic mass is 32.2. The van der Waals surface area contributed by atoms with Crippen LogP contribution in [0.5, 0.6) is 0 Å². The highest BCUT2D eigenvalue weighted by Gasteiger charge is 2.29. The molecule has 7 nitrogen and oxygen atoms in total. The van der Waals surface area contributed by atoms with Crippen molar-refractivity contribution in [2.75, 3.05) is 26.3 Å². The van der Waals surface area contributed by atoms with E-state index in [9.17, 15) is 4.79 Å². The highest BCUT2D eigenvalue weighted by molar-refractivity contribution is 8.00. The smallest absolute Gasteiger partial charge is 0.240 e. The van der Waals surface area contributed by atoms with Crippen LogP contribution in [0.2, 0.25) is 0 Å². The van der Waals surface area contributed by atoms with Crippen LogP contribution in [0.1, 0.15) is 16.6 Å². The van der Waals surface area contributed by atoms with Crippen LogP contribution in [-0.4, -0.2) is 51.9 Å². The molecule has 0 bridgehead atoms. The molecule has 3 heterocycles. The van der Waals surface area contributed by atoms with Crippen LogP contribution in [-0.2, 0) is 16.1 Å². The molecule has 8 heteroatoms. The molecule has 140 valence electrons. The van der Waals surface area contributed by atoms with E-state index >= 15 is 0 Å². The van der Waals surface area contributed by atoms with Crippen LogP contribution >= 0.6 is 11.8 Å². The number of aromatic nitrogens is 3. The van der Waals surface area contributed by atoms with Gasteiger partial charge in [0.05, 0.1) is 26.0 Å². The summed E-state index contributed by atoms with van der Waals surface area (Å²) in [6, 6.07) is 13.5. The van der Waals surface area contributed by atoms with E-state index in [1.54, 1.807) is 12.6 Å². The number of amides is 1. The van der Waals surface area contributed by atoms with Crippen LogP contribution in [0.15, 0.2) is 64.6 Å². The van der Waals surface area contributed by atoms with Crippen LogP contribution < -0.4 is 0 Å². The minimum atomic E-state index is -0.385. The number of rotatable bonds is 6. The van der Waals surface area contributed by atoms with Gasteiger partial charge in [0.25, 0.3) is 0 Å². The number of nitrogens with zero attached hydrogens (tertiary/aromatic N) is 4. The second-order valence-corrected chi connectivity index (χ2v) is 7.24. The Morgan fingerprint density at radius 1 is 1.15 bits per heavy atom. The summed E-state index contributed by atoms with van der Waals surface area (Å²) < 4.78 is 12.7. The molecule has 0 saturated carbocycles. The lowest BCUT2D eigenvalue weighted by atomic mass is 10.1. The summed E-state index contributed by atoms with van der Waals surface area (Å²) in [6.45, 7) is 2.90. The molecule has 2 aromatic heterocycles. The molecule has 4 rings (SSSR count). The van der Waals surface area contributed by atoms with E-state index in [4.69, 9.17) is 9.15 Å². The van der Waals surface area contributed by atoms with Crippen molar-refractivity contribution in [2.45, 2.75) is 17.0 Å². The minimum Gasteiger partial charge on any atom is -0.467 e. The lowest BCUT2D eigenvalue weighted by Gasteiger charge is -2.30. The summed E-state index contributed by atoms with van der Waals surface area (Å²) in [5, 5.41) is 8.55. The SMILES string of the molecule is O=C([C@@H](Sc1nncn1Cc1ccco1)c1ccccc1)N1CCOCC1. The fourth-order valence-corrected chi connectivity index (χ4v) is 4.05. The number of ether oxygens (including phenoxy) is 1. The number of furan rings is 1. The first-order valence-electron chi connectivity index (χ1n) is 8.79. The maximum Gasteiger partial charge on any atom is 0.240 e. The average Bonchev–Trinajstić information content (AvgIpc) is 3.39. The van der Waals surface area contributed by atoms with Gasteiger partial charge in [-0.1, -0.05) is 42.1 Å². The molecule has 1 aromatic carbocycles. The number of morpholine rings is 1. The minimum absolute atomic E-state index is 0.0713. The van der Waals surface area contributed by atoms with Gasteiger partial charge in [-0.3, -0.25) is 4.79 Å². The average molecular weight is 384 g/mol. The Kier molecular flexibility index (Phi) is 5.55. The first-order chi connectivity index (χ1) is 13.3. The summed E-state index contributed by atoms with van der Waals surface area (Å²) in [4.78, 5) is 15.1. The van der Waals surface area contributed by atoms with Crippen molar-refractivity contribution in [3.63, 3.8) is 0 Å². The zero-order chi connectivity index (χ0) is 18.5. The molecular weight excluding hydrogens is 364 g/mol. The van der Waals surface area contributed by atoms with Crippen LogP contribution in [0.3, 0.4) is 0 Å². The first-order valence-corrected chi connectivity index (χ1v) is 9.67. The van der Waals surface area contributed by atoms with Gasteiger partial charge in [0, 0.05) is 13.1 Å². The lowest BCUT2D eigenvalue weighted by molar-refractivity contribution is -0.134. The van der Waals surface area contributed by atoms with Crippen molar-refractivity contribution in [3.05, 3.63) is 66.4 Å². The second-order valence-electron chi connectivity index (χ2n) is 6.17. The molecule has 27 heavy (non-hydrogen) atoms. The molecular formula is C19H20N4O3S. The van der Waals surface area contributed by atoms with Crippen molar-refractivity contribution in [1.29, 1.82) is 0 Å². The summed E-state index contributed by atoms with van der Waals surface area (Å²) in [7, 11) is 0. The fourth-order valence-electron chi connectivity index (χ4n) is 2.96. The van der Waals surface area contributed by atoms with E-state index in [-0.39, 0.29) is 11.2 Å². The van der Waals surface area contributed by atoms with E-state index in [1.165, 1.54) is 11.8 Å². The third kappa shape index (κ3) is 4.23. The van der Waals surface area contributed by atoms with Gasteiger partial charge >= 0.3 is 0 Å². The number of benzene rings is 1. The largest absolute Gasteiger partial charge is 0.467 e. The maximum atomic E-state index is 13.2. The number of hydrogen-bond donors (Lipinski definition) is 0. The standard InChI is InChI=1S/C19H20N4O3S/c24-18(22-8-11-25-12-9-22)17(15-5-2-1-3-6-15)27-19-21-20-14-23(19)13-16-7-4-10-26-16/h1-7,10,14,17H,8-9,11-13H2/t17-/m0/s1. The molecule has 1 aliphatic heterocycles. The summed E-state index contributed by atoms with van der Waals surface area (Å²) in [5.74, 6) is 0.884. The van der Waals surface area contributed by atoms with Gasteiger partial charge in [-0.25, -0.2) is 0 Å². The normalized spacial score (nSPS) is 15.6. The van der Waals surface area contributed by atoms with Crippen LogP contribution in [0.4, 0.5) is 0 Å². The van der Waals surface area contributed by atoms with Gasteiger partial charge in [-0.15, -0.1) is 10.2 Å². The molecule has 1 aliphatic rings. The van der Waals surface area contributed by atoms with Gasteiger partial charge in [-0.2, -0.15) is 0 Å². The van der Waals surface area contributed by atoms with Gasteiger partial charge in [0.2, 0.25) is 5.91 Å². The third-order valence-corrected chi connectivity index (χ3v) is 5.60. The summed E-state index contributed by atoms with van der Waals surface area (Å²) in [6.07, 6.45) is 3.30. The Bertz CT molecular complexity index is 860. The number of carbonyl (C=O) groups is 1. The number of thioether (sulfide) groups is 1. The Morgan fingerprint density at radius 2 is 1.96 bits per heavy atom. The van der Waals surface area contributed by atoms with Gasteiger partial charge in [0.1, 0.15) is 17.3 Å². The monoisotopic (exact) mass is 384 g/mol. The van der Waals surface area contributed by atoms with Gasteiger partial charge < -0.3 is 18.6 Å². The molecule has 0 radical (unpaired) electrons. The Balaban J connectivity index is 1.58. The van der Waals surface area contributed by atoms with E-state index in [0.717, 1.165) is 11.3 Å². The first kappa shape index (κ1) is 17.8. The zero-order valence-electron chi connectivity index (χ0n) is 14.7. The van der Waals surface area contributed by atoms with Crippen LogP contribution in [0.25, 0.3) is 0 Å². The maximum absolute atomic E-state index is 13.2. The van der Waals surface area contributed by atoms with Crippen molar-refractivity contribution in [1.82, 2.24) is 19.7 Å². The molecule has 0 spiro atoms. The van der Waals surface area contributed by atoms with Crippen LogP contribution in [0, 0.1) is 0 Å². The van der Waals surface area contributed by atoms with Crippen molar-refractivity contribution >= 4 is 17.7 Å². The molecule has 0 aliphatic carbocycles. The Hall–Kier alpha value is -2.58. The number of carbonyl (C=O) groups excluding carboxylic acids is 1. The third-order valence-electron chi connectivity index (χ3n) is 4.36. The zero-order valence-corrected chi connectivity index (χ0v) is 15.5. The quantitative estimate of drug-likeness (QED) is 0.608. The lowest BCUT2D eigenvalue weighted by Crippen LogP contribution is -2.42. The predicted molar refractivity (Wildman–Crippen MR) is 100 cm³/mol. The molecule has 3 aromatic rings. The Morgan fingerprint density at radius 3 is 2.70 bits per heavy atom.